The van der Waals surface area contributed by atoms with Crippen LogP contribution in [0.4, 0.5) is 0 Å². The first-order valence-electron chi connectivity index (χ1n) is 7.70. The van der Waals surface area contributed by atoms with Gasteiger partial charge in [-0.3, -0.25) is 0 Å². The summed E-state index contributed by atoms with van der Waals surface area (Å²) in [6.45, 7) is 12.9. The Morgan fingerprint density at radius 2 is 1.95 bits per heavy atom. The molecule has 0 spiro atoms. The lowest BCUT2D eigenvalue weighted by Crippen LogP contribution is -2.41. The second-order valence-corrected chi connectivity index (χ2v) is 6.09. The Labute approximate surface area is 129 Å². The van der Waals surface area contributed by atoms with Crippen molar-refractivity contribution in [3.8, 4) is 5.75 Å². The molecule has 21 heavy (non-hydrogen) atoms. The molecule has 0 aliphatic carbocycles. The Morgan fingerprint density at radius 3 is 2.48 bits per heavy atom. The third-order valence-electron chi connectivity index (χ3n) is 3.65. The maximum absolute atomic E-state index is 9.55. The minimum absolute atomic E-state index is 0.0927. The number of aliphatic hydroxyl groups is 1. The van der Waals surface area contributed by atoms with Crippen LogP contribution in [0.3, 0.4) is 0 Å². The molecular formula is C18H29NO2. The van der Waals surface area contributed by atoms with Gasteiger partial charge in [0.15, 0.2) is 0 Å². The molecule has 0 aliphatic rings. The lowest BCUT2D eigenvalue weighted by Gasteiger charge is -2.30. The molecule has 0 bridgehead atoms. The first-order chi connectivity index (χ1) is 9.99. The highest BCUT2D eigenvalue weighted by molar-refractivity contribution is 5.31. The Bertz CT molecular complexity index is 429. The van der Waals surface area contributed by atoms with Crippen molar-refractivity contribution in [3.05, 3.63) is 42.5 Å². The van der Waals surface area contributed by atoms with E-state index in [0.29, 0.717) is 18.4 Å². The average molecular weight is 291 g/mol. The number of hydrogen-bond donors (Lipinski definition) is 2. The van der Waals surface area contributed by atoms with Crippen LogP contribution in [0.15, 0.2) is 36.9 Å². The molecule has 0 amide bonds. The zero-order valence-electron chi connectivity index (χ0n) is 13.7. The summed E-state index contributed by atoms with van der Waals surface area (Å²) in [5.74, 6) is 1.66. The summed E-state index contributed by atoms with van der Waals surface area (Å²) < 4.78 is 5.61. The standard InChI is InChI=1S/C18H29NO2/c1-6-10-21-16-9-7-8-15(11-16)18(14(4)5)19-17(12-20)13(2)3/h6-9,11,13-14,17-20H,1,10,12H2,2-5H3/t17-,18+/m0/s1. The van der Waals surface area contributed by atoms with E-state index in [-0.39, 0.29) is 18.7 Å². The number of ether oxygens (including phenoxy) is 1. The maximum atomic E-state index is 9.55. The number of hydrogen-bond acceptors (Lipinski definition) is 3. The van der Waals surface area contributed by atoms with Crippen molar-refractivity contribution in [1.29, 1.82) is 0 Å². The van der Waals surface area contributed by atoms with E-state index in [0.717, 1.165) is 5.75 Å². The fraction of sp³-hybridized carbons (Fsp3) is 0.556. The fourth-order valence-corrected chi connectivity index (χ4v) is 2.31. The summed E-state index contributed by atoms with van der Waals surface area (Å²) in [6, 6.07) is 8.42. The SMILES string of the molecule is C=CCOc1cccc([C@H](N[C@@H](CO)C(C)C)C(C)C)c1. The normalized spacial score (nSPS) is 14.2. The van der Waals surface area contributed by atoms with Gasteiger partial charge < -0.3 is 15.2 Å². The van der Waals surface area contributed by atoms with Crippen LogP contribution in [0.1, 0.15) is 39.3 Å². The van der Waals surface area contributed by atoms with Gasteiger partial charge in [-0.25, -0.2) is 0 Å². The Morgan fingerprint density at radius 1 is 1.24 bits per heavy atom. The Kier molecular flexibility index (Phi) is 7.48. The quantitative estimate of drug-likeness (QED) is 0.684. The van der Waals surface area contributed by atoms with Crippen molar-refractivity contribution < 1.29 is 9.84 Å². The average Bonchev–Trinajstić information content (AvgIpc) is 2.45. The molecule has 2 N–H and O–H groups in total. The molecule has 3 nitrogen and oxygen atoms in total. The number of nitrogens with one attached hydrogen (secondary N) is 1. The van der Waals surface area contributed by atoms with Gasteiger partial charge in [-0.1, -0.05) is 52.5 Å². The molecular weight excluding hydrogens is 262 g/mol. The minimum Gasteiger partial charge on any atom is -0.490 e. The van der Waals surface area contributed by atoms with E-state index < -0.39 is 0 Å². The molecule has 0 aromatic heterocycles. The van der Waals surface area contributed by atoms with Gasteiger partial charge in [-0.2, -0.15) is 0 Å². The zero-order valence-corrected chi connectivity index (χ0v) is 13.7. The summed E-state index contributed by atoms with van der Waals surface area (Å²) in [5.41, 5.74) is 1.19. The van der Waals surface area contributed by atoms with Gasteiger partial charge in [-0.15, -0.1) is 0 Å². The molecule has 0 saturated carbocycles. The van der Waals surface area contributed by atoms with Crippen molar-refractivity contribution >= 4 is 0 Å². The molecule has 2 atom stereocenters. The van der Waals surface area contributed by atoms with Crippen LogP contribution in [0.2, 0.25) is 0 Å². The highest BCUT2D eigenvalue weighted by Crippen LogP contribution is 2.26. The Balaban J connectivity index is 2.91. The minimum atomic E-state index is 0.0927. The third kappa shape index (κ3) is 5.52. The van der Waals surface area contributed by atoms with Crippen LogP contribution in [0.25, 0.3) is 0 Å². The molecule has 0 fully saturated rings. The van der Waals surface area contributed by atoms with Crippen molar-refractivity contribution in [2.45, 2.75) is 39.8 Å². The van der Waals surface area contributed by atoms with Crippen LogP contribution in [0.5, 0.6) is 5.75 Å². The Hall–Kier alpha value is -1.32. The first kappa shape index (κ1) is 17.7. The smallest absolute Gasteiger partial charge is 0.120 e. The van der Waals surface area contributed by atoms with Gasteiger partial charge >= 0.3 is 0 Å². The predicted octanol–water partition coefficient (Wildman–Crippen LogP) is 3.56. The highest BCUT2D eigenvalue weighted by atomic mass is 16.5. The molecule has 1 rings (SSSR count). The van der Waals surface area contributed by atoms with Crippen molar-refractivity contribution in [1.82, 2.24) is 5.32 Å². The molecule has 0 radical (unpaired) electrons. The van der Waals surface area contributed by atoms with Gasteiger partial charge in [0, 0.05) is 12.1 Å². The molecule has 0 heterocycles. The van der Waals surface area contributed by atoms with Gasteiger partial charge in [0.05, 0.1) is 6.61 Å². The van der Waals surface area contributed by atoms with Gasteiger partial charge in [-0.05, 0) is 29.5 Å². The molecule has 1 aromatic carbocycles. The van der Waals surface area contributed by atoms with Crippen LogP contribution in [-0.2, 0) is 0 Å². The summed E-state index contributed by atoms with van der Waals surface area (Å²) in [7, 11) is 0. The van der Waals surface area contributed by atoms with E-state index in [1.807, 2.05) is 12.1 Å². The van der Waals surface area contributed by atoms with Crippen LogP contribution >= 0.6 is 0 Å². The largest absolute Gasteiger partial charge is 0.490 e. The predicted molar refractivity (Wildman–Crippen MR) is 88.6 cm³/mol. The van der Waals surface area contributed by atoms with Crippen LogP contribution in [0, 0.1) is 11.8 Å². The van der Waals surface area contributed by atoms with Gasteiger partial charge in [0.2, 0.25) is 0 Å². The summed E-state index contributed by atoms with van der Waals surface area (Å²) in [4.78, 5) is 0. The van der Waals surface area contributed by atoms with Gasteiger partial charge in [0.25, 0.3) is 0 Å². The molecule has 3 heteroatoms. The van der Waals surface area contributed by atoms with E-state index in [1.54, 1.807) is 6.08 Å². The first-order valence-corrected chi connectivity index (χ1v) is 7.70. The van der Waals surface area contributed by atoms with E-state index in [1.165, 1.54) is 5.56 Å². The van der Waals surface area contributed by atoms with Crippen LogP contribution < -0.4 is 10.1 Å². The van der Waals surface area contributed by atoms with E-state index >= 15 is 0 Å². The fourth-order valence-electron chi connectivity index (χ4n) is 2.31. The van der Waals surface area contributed by atoms with Crippen LogP contribution in [-0.4, -0.2) is 24.4 Å². The van der Waals surface area contributed by atoms with Crippen molar-refractivity contribution in [3.63, 3.8) is 0 Å². The molecule has 0 unspecified atom stereocenters. The number of rotatable bonds is 9. The molecule has 0 aliphatic heterocycles. The maximum Gasteiger partial charge on any atom is 0.120 e. The zero-order chi connectivity index (χ0) is 15.8. The van der Waals surface area contributed by atoms with Gasteiger partial charge in [0.1, 0.15) is 12.4 Å². The number of aliphatic hydroxyl groups excluding tert-OH is 1. The lowest BCUT2D eigenvalue weighted by atomic mass is 9.93. The topological polar surface area (TPSA) is 41.5 Å². The van der Waals surface area contributed by atoms with E-state index in [9.17, 15) is 5.11 Å². The number of benzene rings is 1. The lowest BCUT2D eigenvalue weighted by molar-refractivity contribution is 0.188. The molecule has 0 saturated heterocycles. The highest BCUT2D eigenvalue weighted by Gasteiger charge is 2.22. The van der Waals surface area contributed by atoms with E-state index in [2.05, 4.69) is 51.7 Å². The summed E-state index contributed by atoms with van der Waals surface area (Å²) in [6.07, 6.45) is 1.74. The second kappa shape index (κ2) is 8.85. The second-order valence-electron chi connectivity index (χ2n) is 6.09. The molecule has 118 valence electrons. The van der Waals surface area contributed by atoms with E-state index in [4.69, 9.17) is 4.74 Å². The van der Waals surface area contributed by atoms with Crippen molar-refractivity contribution in [2.24, 2.45) is 11.8 Å². The monoisotopic (exact) mass is 291 g/mol. The summed E-state index contributed by atoms with van der Waals surface area (Å²) >= 11 is 0. The third-order valence-corrected chi connectivity index (χ3v) is 3.65. The summed E-state index contributed by atoms with van der Waals surface area (Å²) in [5, 5.41) is 13.1. The molecule has 1 aromatic rings. The van der Waals surface area contributed by atoms with Crippen molar-refractivity contribution in [2.75, 3.05) is 13.2 Å².